The molecule has 162 valence electrons. The van der Waals surface area contributed by atoms with Crippen molar-refractivity contribution < 1.29 is 9.59 Å². The number of carbonyl (C=O) groups excluding carboxylic acids is 2. The Hall–Kier alpha value is -2.37. The van der Waals surface area contributed by atoms with Crippen molar-refractivity contribution in [2.75, 3.05) is 25.5 Å². The van der Waals surface area contributed by atoms with Gasteiger partial charge in [-0.15, -0.1) is 0 Å². The van der Waals surface area contributed by atoms with Crippen molar-refractivity contribution in [1.82, 2.24) is 10.7 Å². The molecule has 0 spiro atoms. The molecule has 0 atom stereocenters. The number of carbonyl (C=O) groups is 2. The summed E-state index contributed by atoms with van der Waals surface area (Å²) in [6.45, 7) is 2.18. The molecule has 0 heterocycles. The van der Waals surface area contributed by atoms with Crippen molar-refractivity contribution >= 4 is 23.7 Å². The van der Waals surface area contributed by atoms with Crippen LogP contribution in [0.5, 0.6) is 0 Å². The molecule has 2 N–H and O–H groups in total. The number of hydrazone groups is 1. The molecule has 1 rings (SSSR count). The number of nitrogens with one attached hydrogen (secondary N) is 2. The minimum absolute atomic E-state index is 0.0484. The largest absolute Gasteiger partial charge is 0.378 e. The first-order valence-corrected chi connectivity index (χ1v) is 10.9. The van der Waals surface area contributed by atoms with Crippen molar-refractivity contribution in [2.45, 2.75) is 71.1 Å². The molecule has 1 aromatic rings. The summed E-state index contributed by atoms with van der Waals surface area (Å²) in [6, 6.07) is 7.82. The number of unbranched alkanes of at least 4 members (excludes halogenated alkanes) is 8. The van der Waals surface area contributed by atoms with Gasteiger partial charge in [0.05, 0.1) is 12.8 Å². The molecule has 0 aromatic heterocycles. The Kier molecular flexibility index (Phi) is 13.2. The predicted molar refractivity (Wildman–Crippen MR) is 121 cm³/mol. The molecule has 0 saturated heterocycles. The van der Waals surface area contributed by atoms with Crippen LogP contribution < -0.4 is 15.6 Å². The maximum absolute atomic E-state index is 11.8. The van der Waals surface area contributed by atoms with E-state index in [2.05, 4.69) is 22.8 Å². The number of hydrogen-bond donors (Lipinski definition) is 2. The molecule has 0 aliphatic carbocycles. The fourth-order valence-electron chi connectivity index (χ4n) is 2.94. The van der Waals surface area contributed by atoms with Crippen LogP contribution in [0, 0.1) is 0 Å². The summed E-state index contributed by atoms with van der Waals surface area (Å²) in [5.74, 6) is -0.405. The van der Waals surface area contributed by atoms with Crippen molar-refractivity contribution in [1.29, 1.82) is 0 Å². The fraction of sp³-hybridized carbons (Fsp3) is 0.609. The van der Waals surface area contributed by atoms with Gasteiger partial charge in [0.25, 0.3) is 5.91 Å². The molecular weight excluding hydrogens is 364 g/mol. The SMILES string of the molecule is CCCCCCCCCCCC(=O)NCC(=O)N/N=C\c1ccc(N(C)C)cc1. The lowest BCUT2D eigenvalue weighted by atomic mass is 10.1. The Labute approximate surface area is 176 Å². The zero-order chi connectivity index (χ0) is 21.3. The molecule has 6 heteroatoms. The number of nitrogens with zero attached hydrogens (tertiary/aromatic N) is 2. The Bertz CT molecular complexity index is 612. The molecule has 0 fully saturated rings. The first kappa shape index (κ1) is 24.7. The zero-order valence-corrected chi connectivity index (χ0v) is 18.4. The highest BCUT2D eigenvalue weighted by Gasteiger charge is 2.04. The first-order valence-electron chi connectivity index (χ1n) is 10.9. The zero-order valence-electron chi connectivity index (χ0n) is 18.4. The van der Waals surface area contributed by atoms with Crippen LogP contribution >= 0.6 is 0 Å². The summed E-state index contributed by atoms with van der Waals surface area (Å²) in [5, 5.41) is 6.57. The molecule has 0 unspecified atom stereocenters. The van der Waals surface area contributed by atoms with E-state index >= 15 is 0 Å². The van der Waals surface area contributed by atoms with Crippen LogP contribution in [0.1, 0.15) is 76.7 Å². The van der Waals surface area contributed by atoms with Crippen molar-refractivity contribution in [3.05, 3.63) is 29.8 Å². The monoisotopic (exact) mass is 402 g/mol. The van der Waals surface area contributed by atoms with Gasteiger partial charge in [0.1, 0.15) is 0 Å². The molecule has 1 aromatic carbocycles. The van der Waals surface area contributed by atoms with E-state index < -0.39 is 0 Å². The second kappa shape index (κ2) is 15.5. The lowest BCUT2D eigenvalue weighted by Crippen LogP contribution is -2.34. The third-order valence-corrected chi connectivity index (χ3v) is 4.77. The van der Waals surface area contributed by atoms with Crippen LogP contribution in [0.15, 0.2) is 29.4 Å². The van der Waals surface area contributed by atoms with E-state index in [-0.39, 0.29) is 18.4 Å². The summed E-state index contributed by atoms with van der Waals surface area (Å²) in [6.07, 6.45) is 13.0. The number of hydrogen-bond acceptors (Lipinski definition) is 4. The Balaban J connectivity index is 2.06. The minimum Gasteiger partial charge on any atom is -0.378 e. The van der Waals surface area contributed by atoms with Gasteiger partial charge in [-0.1, -0.05) is 70.4 Å². The van der Waals surface area contributed by atoms with E-state index in [9.17, 15) is 9.59 Å². The number of benzene rings is 1. The van der Waals surface area contributed by atoms with E-state index in [1.165, 1.54) is 44.9 Å². The van der Waals surface area contributed by atoms with Crippen molar-refractivity contribution in [2.24, 2.45) is 5.10 Å². The standard InChI is InChI=1S/C23H38N4O2/c1-4-5-6-7-8-9-10-11-12-13-22(28)24-19-23(29)26-25-18-20-14-16-21(17-15-20)27(2)3/h14-18H,4-13,19H2,1-3H3,(H,24,28)(H,26,29)/b25-18-. The van der Waals surface area contributed by atoms with Crippen LogP contribution in [-0.4, -0.2) is 38.7 Å². The third-order valence-electron chi connectivity index (χ3n) is 4.77. The molecule has 29 heavy (non-hydrogen) atoms. The highest BCUT2D eigenvalue weighted by atomic mass is 16.2. The Morgan fingerprint density at radius 1 is 0.897 bits per heavy atom. The van der Waals surface area contributed by atoms with Gasteiger partial charge in [-0.3, -0.25) is 9.59 Å². The van der Waals surface area contributed by atoms with Gasteiger partial charge in [0.2, 0.25) is 5.91 Å². The van der Waals surface area contributed by atoms with Gasteiger partial charge >= 0.3 is 0 Å². The van der Waals surface area contributed by atoms with Crippen LogP contribution in [0.25, 0.3) is 0 Å². The van der Waals surface area contributed by atoms with Crippen molar-refractivity contribution in [3.8, 4) is 0 Å². The number of rotatable bonds is 15. The fourth-order valence-corrected chi connectivity index (χ4v) is 2.94. The molecule has 0 radical (unpaired) electrons. The number of amides is 2. The summed E-state index contributed by atoms with van der Waals surface area (Å²) >= 11 is 0. The second-order valence-electron chi connectivity index (χ2n) is 7.63. The number of anilines is 1. The van der Waals surface area contributed by atoms with Gasteiger partial charge in [0.15, 0.2) is 0 Å². The van der Waals surface area contributed by atoms with E-state index in [1.54, 1.807) is 6.21 Å². The maximum atomic E-state index is 11.8. The Morgan fingerprint density at radius 2 is 1.48 bits per heavy atom. The summed E-state index contributed by atoms with van der Waals surface area (Å²) in [4.78, 5) is 25.6. The van der Waals surface area contributed by atoms with Crippen LogP contribution in [0.3, 0.4) is 0 Å². The molecule has 0 bridgehead atoms. The molecule has 0 aliphatic heterocycles. The van der Waals surface area contributed by atoms with E-state index in [0.29, 0.717) is 6.42 Å². The molecule has 0 saturated carbocycles. The smallest absolute Gasteiger partial charge is 0.259 e. The highest BCUT2D eigenvalue weighted by Crippen LogP contribution is 2.11. The van der Waals surface area contributed by atoms with E-state index in [1.807, 2.05) is 43.3 Å². The highest BCUT2D eigenvalue weighted by molar-refractivity contribution is 5.86. The maximum Gasteiger partial charge on any atom is 0.259 e. The third kappa shape index (κ3) is 12.7. The summed E-state index contributed by atoms with van der Waals surface area (Å²) in [5.41, 5.74) is 4.43. The van der Waals surface area contributed by atoms with Crippen LogP contribution in [0.4, 0.5) is 5.69 Å². The lowest BCUT2D eigenvalue weighted by molar-refractivity contribution is -0.126. The topological polar surface area (TPSA) is 73.8 Å². The summed E-state index contributed by atoms with van der Waals surface area (Å²) < 4.78 is 0. The molecule has 6 nitrogen and oxygen atoms in total. The normalized spacial score (nSPS) is 10.9. The molecular formula is C23H38N4O2. The first-order chi connectivity index (χ1) is 14.0. The van der Waals surface area contributed by atoms with Gasteiger partial charge in [-0.2, -0.15) is 5.10 Å². The van der Waals surface area contributed by atoms with Crippen LogP contribution in [0.2, 0.25) is 0 Å². The van der Waals surface area contributed by atoms with Gasteiger partial charge in [-0.05, 0) is 24.1 Å². The van der Waals surface area contributed by atoms with E-state index in [4.69, 9.17) is 0 Å². The van der Waals surface area contributed by atoms with Crippen LogP contribution in [-0.2, 0) is 9.59 Å². The van der Waals surface area contributed by atoms with Gasteiger partial charge in [0, 0.05) is 26.2 Å². The van der Waals surface area contributed by atoms with E-state index in [0.717, 1.165) is 24.1 Å². The quantitative estimate of drug-likeness (QED) is 0.262. The van der Waals surface area contributed by atoms with Gasteiger partial charge < -0.3 is 10.2 Å². The average Bonchev–Trinajstić information content (AvgIpc) is 2.71. The Morgan fingerprint density at radius 3 is 2.07 bits per heavy atom. The minimum atomic E-state index is -0.327. The summed E-state index contributed by atoms with van der Waals surface area (Å²) in [7, 11) is 3.96. The molecule has 2 amide bonds. The lowest BCUT2D eigenvalue weighted by Gasteiger charge is -2.11. The van der Waals surface area contributed by atoms with Gasteiger partial charge in [-0.25, -0.2) is 5.43 Å². The van der Waals surface area contributed by atoms with Crippen molar-refractivity contribution in [3.63, 3.8) is 0 Å². The predicted octanol–water partition coefficient (Wildman–Crippen LogP) is 4.24. The average molecular weight is 403 g/mol. The second-order valence-corrected chi connectivity index (χ2v) is 7.63. The molecule has 0 aliphatic rings.